The minimum Gasteiger partial charge on any atom is -0.309 e. The van der Waals surface area contributed by atoms with Gasteiger partial charge in [0.2, 0.25) is 0 Å². The van der Waals surface area contributed by atoms with Crippen LogP contribution < -0.4 is 4.87 Å². The van der Waals surface area contributed by atoms with E-state index in [0.717, 1.165) is 16.2 Å². The summed E-state index contributed by atoms with van der Waals surface area (Å²) in [6, 6.07) is 0. The Hall–Kier alpha value is -1.16. The second kappa shape index (κ2) is 2.17. The molecule has 0 saturated heterocycles. The van der Waals surface area contributed by atoms with E-state index in [0.29, 0.717) is 12.1 Å². The van der Waals surface area contributed by atoms with Crippen LogP contribution in [0.5, 0.6) is 0 Å². The zero-order valence-electron chi connectivity index (χ0n) is 5.59. The van der Waals surface area contributed by atoms with Crippen LogP contribution in [0.3, 0.4) is 0 Å². The number of fused-ring (bicyclic) bond motifs is 1. The van der Waals surface area contributed by atoms with Crippen molar-refractivity contribution in [3.8, 4) is 0 Å². The molecule has 2 rings (SSSR count). The van der Waals surface area contributed by atoms with Crippen molar-refractivity contribution < 1.29 is 4.79 Å². The molecule has 0 radical (unpaired) electrons. The summed E-state index contributed by atoms with van der Waals surface area (Å²) in [6.07, 6.45) is 3.98. The predicted octanol–water partition coefficient (Wildman–Crippen LogP) is 1.04. The van der Waals surface area contributed by atoms with Gasteiger partial charge in [-0.25, -0.2) is 0 Å². The fourth-order valence-electron chi connectivity index (χ4n) is 1.04. The molecular weight excluding hydrogens is 162 g/mol. The van der Waals surface area contributed by atoms with Crippen LogP contribution in [0.1, 0.15) is 21.8 Å². The molecule has 1 aromatic rings. The maximum absolute atomic E-state index is 11.1. The van der Waals surface area contributed by atoms with Crippen LogP contribution in [-0.2, 0) is 0 Å². The number of aromatic nitrogens is 1. The van der Waals surface area contributed by atoms with Crippen molar-refractivity contribution in [1.29, 1.82) is 0 Å². The minimum atomic E-state index is -0.157. The Morgan fingerprint density at radius 2 is 2.27 bits per heavy atom. The zero-order valence-corrected chi connectivity index (χ0v) is 6.40. The molecule has 0 aliphatic heterocycles. The molecule has 0 unspecified atom stereocenters. The molecule has 11 heavy (non-hydrogen) atoms. The highest BCUT2D eigenvalue weighted by molar-refractivity contribution is 7.10. The number of hydrogen-bond donors (Lipinski definition) is 1. The van der Waals surface area contributed by atoms with E-state index in [1.54, 1.807) is 12.2 Å². The number of carbonyl (C=O) groups is 1. The van der Waals surface area contributed by atoms with E-state index in [-0.39, 0.29) is 10.7 Å². The van der Waals surface area contributed by atoms with Crippen molar-refractivity contribution in [1.82, 2.24) is 4.98 Å². The molecule has 1 N–H and O–H groups in total. The summed E-state index contributed by atoms with van der Waals surface area (Å²) in [5.41, 5.74) is 0.475. The minimum absolute atomic E-state index is 0.000787. The molecular formula is C7H5NO2S. The summed E-state index contributed by atoms with van der Waals surface area (Å²) >= 11 is 1.08. The standard InChI is InChI=1S/C7H5NO2S/c9-4-2-1-3-5-6(4)8-7(10)11-5/h1,3H,2H2,(H,8,10). The van der Waals surface area contributed by atoms with E-state index in [4.69, 9.17) is 0 Å². The third kappa shape index (κ3) is 0.952. The molecule has 0 spiro atoms. The number of aromatic amines is 1. The molecule has 1 aliphatic carbocycles. The topological polar surface area (TPSA) is 49.9 Å². The average Bonchev–Trinajstić information content (AvgIpc) is 2.31. The Morgan fingerprint density at radius 3 is 3.00 bits per heavy atom. The molecule has 0 atom stereocenters. The van der Waals surface area contributed by atoms with Gasteiger partial charge in [0.1, 0.15) is 5.69 Å². The molecule has 1 heterocycles. The highest BCUT2D eigenvalue weighted by Crippen LogP contribution is 2.18. The summed E-state index contributed by atoms with van der Waals surface area (Å²) in [5, 5.41) is 0. The van der Waals surface area contributed by atoms with Crippen LogP contribution in [0.25, 0.3) is 6.08 Å². The zero-order chi connectivity index (χ0) is 7.84. The van der Waals surface area contributed by atoms with Gasteiger partial charge in [0.15, 0.2) is 5.78 Å². The SMILES string of the molecule is O=C1CC=Cc2sc(=O)[nH]c21. The first-order valence-electron chi connectivity index (χ1n) is 3.20. The van der Waals surface area contributed by atoms with Gasteiger partial charge in [-0.3, -0.25) is 9.59 Å². The lowest BCUT2D eigenvalue weighted by Crippen LogP contribution is -2.05. The number of carbonyl (C=O) groups excluding carboxylic acids is 1. The molecule has 0 aromatic carbocycles. The van der Waals surface area contributed by atoms with Gasteiger partial charge in [-0.15, -0.1) is 0 Å². The number of rotatable bonds is 0. The van der Waals surface area contributed by atoms with Gasteiger partial charge >= 0.3 is 4.87 Å². The lowest BCUT2D eigenvalue weighted by Gasteiger charge is -1.99. The van der Waals surface area contributed by atoms with E-state index < -0.39 is 0 Å². The second-order valence-corrected chi connectivity index (χ2v) is 3.30. The molecule has 0 saturated carbocycles. The molecule has 1 aliphatic rings. The van der Waals surface area contributed by atoms with E-state index in [2.05, 4.69) is 4.98 Å². The molecule has 0 amide bonds. The third-order valence-corrected chi connectivity index (χ3v) is 2.38. The van der Waals surface area contributed by atoms with Gasteiger partial charge in [-0.1, -0.05) is 17.4 Å². The summed E-state index contributed by atoms with van der Waals surface area (Å²) in [7, 11) is 0. The van der Waals surface area contributed by atoms with Crippen LogP contribution in [0.15, 0.2) is 10.9 Å². The number of ketones is 1. The maximum Gasteiger partial charge on any atom is 0.305 e. The maximum atomic E-state index is 11.1. The largest absolute Gasteiger partial charge is 0.309 e. The molecule has 4 heteroatoms. The Balaban J connectivity index is 2.71. The fraction of sp³-hybridized carbons (Fsp3) is 0.143. The lowest BCUT2D eigenvalue weighted by molar-refractivity contribution is 0.0990. The first-order chi connectivity index (χ1) is 5.27. The van der Waals surface area contributed by atoms with Crippen LogP contribution >= 0.6 is 11.3 Å². The monoisotopic (exact) mass is 167 g/mol. The lowest BCUT2D eigenvalue weighted by atomic mass is 10.1. The summed E-state index contributed by atoms with van der Waals surface area (Å²) in [6.45, 7) is 0. The van der Waals surface area contributed by atoms with Crippen molar-refractivity contribution in [2.24, 2.45) is 0 Å². The second-order valence-electron chi connectivity index (χ2n) is 2.28. The molecule has 56 valence electrons. The Morgan fingerprint density at radius 1 is 1.45 bits per heavy atom. The van der Waals surface area contributed by atoms with Crippen LogP contribution in [0, 0.1) is 0 Å². The third-order valence-electron chi connectivity index (χ3n) is 1.53. The van der Waals surface area contributed by atoms with Crippen LogP contribution in [-0.4, -0.2) is 10.8 Å². The number of nitrogens with one attached hydrogen (secondary N) is 1. The Labute approximate surface area is 66.4 Å². The van der Waals surface area contributed by atoms with Crippen LogP contribution in [0.4, 0.5) is 0 Å². The number of H-pyrrole nitrogens is 1. The number of hydrogen-bond acceptors (Lipinski definition) is 3. The van der Waals surface area contributed by atoms with Gasteiger partial charge in [0.25, 0.3) is 0 Å². The first kappa shape index (κ1) is 6.54. The predicted molar refractivity (Wildman–Crippen MR) is 42.9 cm³/mol. The van der Waals surface area contributed by atoms with Crippen molar-refractivity contribution in [2.45, 2.75) is 6.42 Å². The number of thiazole rings is 1. The van der Waals surface area contributed by atoms with E-state index in [1.165, 1.54) is 0 Å². The van der Waals surface area contributed by atoms with Gasteiger partial charge in [0, 0.05) is 6.42 Å². The van der Waals surface area contributed by atoms with E-state index in [1.807, 2.05) is 0 Å². The summed E-state index contributed by atoms with van der Waals surface area (Å²) in [4.78, 5) is 25.0. The molecule has 3 nitrogen and oxygen atoms in total. The smallest absolute Gasteiger partial charge is 0.305 e. The summed E-state index contributed by atoms with van der Waals surface area (Å²) < 4.78 is 0. The quantitative estimate of drug-likeness (QED) is 0.627. The summed E-state index contributed by atoms with van der Waals surface area (Å²) in [5.74, 6) is 0.000787. The van der Waals surface area contributed by atoms with Gasteiger partial charge in [-0.2, -0.15) is 0 Å². The molecule has 0 fully saturated rings. The van der Waals surface area contributed by atoms with Gasteiger partial charge in [-0.05, 0) is 6.08 Å². The Bertz CT molecular complexity index is 385. The fourth-order valence-corrected chi connectivity index (χ4v) is 1.82. The van der Waals surface area contributed by atoms with Crippen molar-refractivity contribution in [3.63, 3.8) is 0 Å². The highest BCUT2D eigenvalue weighted by atomic mass is 32.1. The van der Waals surface area contributed by atoms with Crippen LogP contribution in [0.2, 0.25) is 0 Å². The van der Waals surface area contributed by atoms with Gasteiger partial charge in [0.05, 0.1) is 4.88 Å². The van der Waals surface area contributed by atoms with Gasteiger partial charge < -0.3 is 4.98 Å². The van der Waals surface area contributed by atoms with E-state index in [9.17, 15) is 9.59 Å². The average molecular weight is 167 g/mol. The normalized spacial score (nSPS) is 15.1. The Kier molecular flexibility index (Phi) is 1.29. The first-order valence-corrected chi connectivity index (χ1v) is 4.02. The molecule has 0 bridgehead atoms. The molecule has 1 aromatic heterocycles. The van der Waals surface area contributed by atoms with E-state index >= 15 is 0 Å². The highest BCUT2D eigenvalue weighted by Gasteiger charge is 2.15. The van der Waals surface area contributed by atoms with Crippen molar-refractivity contribution in [3.05, 3.63) is 26.3 Å². The van der Waals surface area contributed by atoms with Crippen molar-refractivity contribution in [2.75, 3.05) is 0 Å². The van der Waals surface area contributed by atoms with Crippen molar-refractivity contribution >= 4 is 23.2 Å². The number of Topliss-reactive ketones (excluding diaryl/α,β-unsaturated/α-hetero) is 1. The number of allylic oxidation sites excluding steroid dienone is 1.